The average molecular weight is 226 g/mol. The normalized spacial score (nSPS) is 20.5. The second kappa shape index (κ2) is 4.86. The van der Waals surface area contributed by atoms with Gasteiger partial charge in [0.2, 0.25) is 0 Å². The molecule has 1 fully saturated rings. The Kier molecular flexibility index (Phi) is 3.49. The van der Waals surface area contributed by atoms with Crippen molar-refractivity contribution in [3.63, 3.8) is 0 Å². The summed E-state index contributed by atoms with van der Waals surface area (Å²) in [6.45, 7) is 4.76. The maximum absolute atomic E-state index is 6.12. The van der Waals surface area contributed by atoms with Gasteiger partial charge in [-0.15, -0.1) is 0 Å². The fraction of sp³-hybridized carbons (Fsp3) is 0.500. The highest BCUT2D eigenvalue weighted by molar-refractivity contribution is 6.33. The minimum Gasteiger partial charge on any atom is -0.383 e. The summed E-state index contributed by atoms with van der Waals surface area (Å²) in [4.78, 5) is 0. The molecule has 1 unspecified atom stereocenters. The fourth-order valence-electron chi connectivity index (χ4n) is 1.76. The Morgan fingerprint density at radius 1 is 1.53 bits per heavy atom. The summed E-state index contributed by atoms with van der Waals surface area (Å²) >= 11 is 6.12. The van der Waals surface area contributed by atoms with E-state index in [0.717, 1.165) is 36.9 Å². The third-order valence-corrected chi connectivity index (χ3v) is 3.04. The lowest BCUT2D eigenvalue weighted by Gasteiger charge is -2.12. The highest BCUT2D eigenvalue weighted by Gasteiger charge is 2.15. The Labute approximate surface area is 95.6 Å². The lowest BCUT2D eigenvalue weighted by atomic mass is 10.1. The second-order valence-corrected chi connectivity index (χ2v) is 4.50. The molecule has 0 amide bonds. The van der Waals surface area contributed by atoms with E-state index in [1.165, 1.54) is 5.56 Å². The summed E-state index contributed by atoms with van der Waals surface area (Å²) < 4.78 is 5.32. The van der Waals surface area contributed by atoms with Crippen LogP contribution in [-0.2, 0) is 4.74 Å². The van der Waals surface area contributed by atoms with Crippen molar-refractivity contribution in [2.75, 3.05) is 25.1 Å². The summed E-state index contributed by atoms with van der Waals surface area (Å²) in [6.07, 6.45) is 1.15. The first kappa shape index (κ1) is 10.8. The molecule has 1 aliphatic heterocycles. The van der Waals surface area contributed by atoms with Crippen LogP contribution < -0.4 is 5.32 Å². The van der Waals surface area contributed by atoms with Crippen LogP contribution in [0.3, 0.4) is 0 Å². The van der Waals surface area contributed by atoms with Gasteiger partial charge in [-0.05, 0) is 31.0 Å². The molecule has 0 saturated carbocycles. The molecule has 0 radical (unpaired) electrons. The van der Waals surface area contributed by atoms with Crippen molar-refractivity contribution in [2.45, 2.75) is 13.3 Å². The van der Waals surface area contributed by atoms with Crippen molar-refractivity contribution in [1.29, 1.82) is 0 Å². The zero-order valence-corrected chi connectivity index (χ0v) is 9.68. The third kappa shape index (κ3) is 2.86. The second-order valence-electron chi connectivity index (χ2n) is 4.09. The van der Waals surface area contributed by atoms with E-state index >= 15 is 0 Å². The number of hydrogen-bond donors (Lipinski definition) is 1. The van der Waals surface area contributed by atoms with Gasteiger partial charge in [0, 0.05) is 19.1 Å². The van der Waals surface area contributed by atoms with Gasteiger partial charge in [0.1, 0.15) is 0 Å². The first-order chi connectivity index (χ1) is 7.25. The minimum absolute atomic E-state index is 0.627. The molecule has 0 spiro atoms. The van der Waals surface area contributed by atoms with E-state index in [2.05, 4.69) is 11.4 Å². The first-order valence-electron chi connectivity index (χ1n) is 5.33. The molecule has 3 heteroatoms. The van der Waals surface area contributed by atoms with Crippen LogP contribution in [0.25, 0.3) is 0 Å². The quantitative estimate of drug-likeness (QED) is 0.854. The molecule has 2 rings (SSSR count). The third-order valence-electron chi connectivity index (χ3n) is 2.73. The van der Waals surface area contributed by atoms with E-state index in [0.29, 0.717) is 5.92 Å². The molecule has 15 heavy (non-hydrogen) atoms. The Balaban J connectivity index is 1.92. The lowest BCUT2D eigenvalue weighted by Crippen LogP contribution is -2.14. The van der Waals surface area contributed by atoms with E-state index in [1.807, 2.05) is 19.1 Å². The summed E-state index contributed by atoms with van der Waals surface area (Å²) in [6, 6.07) is 6.09. The zero-order valence-electron chi connectivity index (χ0n) is 8.92. The molecular weight excluding hydrogens is 210 g/mol. The van der Waals surface area contributed by atoms with Crippen molar-refractivity contribution >= 4 is 17.3 Å². The molecular formula is C12H16ClNO. The highest BCUT2D eigenvalue weighted by atomic mass is 35.5. The summed E-state index contributed by atoms with van der Waals surface area (Å²) in [5, 5.41) is 4.17. The Morgan fingerprint density at radius 2 is 2.40 bits per heavy atom. The standard InChI is InChI=1S/C12H16ClNO/c1-9-2-3-12(11(13)6-9)14-7-10-4-5-15-8-10/h2-3,6,10,14H,4-5,7-8H2,1H3. The molecule has 0 aliphatic carbocycles. The van der Waals surface area contributed by atoms with Gasteiger partial charge in [0.15, 0.2) is 0 Å². The summed E-state index contributed by atoms with van der Waals surface area (Å²) in [5.41, 5.74) is 2.21. The Bertz CT molecular complexity index is 334. The number of halogens is 1. The van der Waals surface area contributed by atoms with E-state index in [4.69, 9.17) is 16.3 Å². The lowest BCUT2D eigenvalue weighted by molar-refractivity contribution is 0.187. The van der Waals surface area contributed by atoms with Crippen molar-refractivity contribution in [1.82, 2.24) is 0 Å². The zero-order chi connectivity index (χ0) is 10.7. The number of nitrogens with one attached hydrogen (secondary N) is 1. The van der Waals surface area contributed by atoms with Crippen LogP contribution in [0.15, 0.2) is 18.2 Å². The van der Waals surface area contributed by atoms with Crippen molar-refractivity contribution in [3.8, 4) is 0 Å². The number of hydrogen-bond acceptors (Lipinski definition) is 2. The molecule has 2 nitrogen and oxygen atoms in total. The van der Waals surface area contributed by atoms with Crippen LogP contribution >= 0.6 is 11.6 Å². The van der Waals surface area contributed by atoms with Crippen LogP contribution in [0.2, 0.25) is 5.02 Å². The van der Waals surface area contributed by atoms with E-state index in [9.17, 15) is 0 Å². The van der Waals surface area contributed by atoms with Gasteiger partial charge in [-0.25, -0.2) is 0 Å². The number of rotatable bonds is 3. The van der Waals surface area contributed by atoms with Gasteiger partial charge >= 0.3 is 0 Å². The molecule has 0 bridgehead atoms. The van der Waals surface area contributed by atoms with Crippen LogP contribution in [0, 0.1) is 12.8 Å². The van der Waals surface area contributed by atoms with Crippen molar-refractivity contribution in [2.24, 2.45) is 5.92 Å². The smallest absolute Gasteiger partial charge is 0.0640 e. The monoisotopic (exact) mass is 225 g/mol. The van der Waals surface area contributed by atoms with Crippen molar-refractivity contribution < 1.29 is 4.74 Å². The number of benzene rings is 1. The minimum atomic E-state index is 0.627. The SMILES string of the molecule is Cc1ccc(NCC2CCOC2)c(Cl)c1. The predicted molar refractivity (Wildman–Crippen MR) is 63.6 cm³/mol. The topological polar surface area (TPSA) is 21.3 Å². The summed E-state index contributed by atoms with van der Waals surface area (Å²) in [5.74, 6) is 0.627. The fourth-order valence-corrected chi connectivity index (χ4v) is 2.06. The highest BCUT2D eigenvalue weighted by Crippen LogP contribution is 2.23. The predicted octanol–water partition coefficient (Wildman–Crippen LogP) is 3.10. The van der Waals surface area contributed by atoms with Gasteiger partial charge < -0.3 is 10.1 Å². The molecule has 1 heterocycles. The van der Waals surface area contributed by atoms with Crippen molar-refractivity contribution in [3.05, 3.63) is 28.8 Å². The molecule has 1 aromatic carbocycles. The molecule has 82 valence electrons. The maximum Gasteiger partial charge on any atom is 0.0640 e. The average Bonchev–Trinajstić information content (AvgIpc) is 2.69. The molecule has 1 N–H and O–H groups in total. The van der Waals surface area contributed by atoms with Gasteiger partial charge in [0.25, 0.3) is 0 Å². The Morgan fingerprint density at radius 3 is 3.07 bits per heavy atom. The molecule has 0 aromatic heterocycles. The van der Waals surface area contributed by atoms with E-state index < -0.39 is 0 Å². The maximum atomic E-state index is 6.12. The first-order valence-corrected chi connectivity index (χ1v) is 5.71. The van der Waals surface area contributed by atoms with E-state index in [1.54, 1.807) is 0 Å². The van der Waals surface area contributed by atoms with Crippen LogP contribution in [0.5, 0.6) is 0 Å². The van der Waals surface area contributed by atoms with Gasteiger partial charge in [-0.2, -0.15) is 0 Å². The van der Waals surface area contributed by atoms with Crippen LogP contribution in [0.1, 0.15) is 12.0 Å². The largest absolute Gasteiger partial charge is 0.383 e. The number of anilines is 1. The molecule has 1 saturated heterocycles. The molecule has 1 aromatic rings. The van der Waals surface area contributed by atoms with Gasteiger partial charge in [-0.3, -0.25) is 0 Å². The van der Waals surface area contributed by atoms with E-state index in [-0.39, 0.29) is 0 Å². The molecule has 1 aliphatic rings. The van der Waals surface area contributed by atoms with Gasteiger partial charge in [-0.1, -0.05) is 17.7 Å². The Hall–Kier alpha value is -0.730. The van der Waals surface area contributed by atoms with Crippen LogP contribution in [-0.4, -0.2) is 19.8 Å². The number of aryl methyl sites for hydroxylation is 1. The van der Waals surface area contributed by atoms with Gasteiger partial charge in [0.05, 0.1) is 17.3 Å². The number of ether oxygens (including phenoxy) is 1. The molecule has 1 atom stereocenters. The van der Waals surface area contributed by atoms with Crippen LogP contribution in [0.4, 0.5) is 5.69 Å². The summed E-state index contributed by atoms with van der Waals surface area (Å²) in [7, 11) is 0.